The number of ketones is 1. The Morgan fingerprint density at radius 3 is 2.51 bits per heavy atom. The molecule has 2 aromatic rings. The molecular formula is C42H50O9. The predicted octanol–water partition coefficient (Wildman–Crippen LogP) is 6.61. The van der Waals surface area contributed by atoms with Crippen LogP contribution in [0.3, 0.4) is 0 Å². The number of carbonyl (C=O) groups is 2. The van der Waals surface area contributed by atoms with Crippen molar-refractivity contribution >= 4 is 11.8 Å². The van der Waals surface area contributed by atoms with Gasteiger partial charge in [0.05, 0.1) is 25.6 Å². The minimum atomic E-state index is -1.81. The molecule has 1 unspecified atom stereocenters. The summed E-state index contributed by atoms with van der Waals surface area (Å²) in [4.78, 5) is 27.2. The fourth-order valence-electron chi connectivity index (χ4n) is 9.38. The SMILES string of the molecule is C=C(C)[C@]12C[C@@H](C)[C@@]34O[C@](Cc5ccccc5)(O[C@@H]1C3C/C=C(/COC(=O)Cc1ccc(OC(C)(C)C)c(OC)c1)C[C@]1(O)C(=O)C(C)=C[C@@H]41)O2. The molecule has 8 atom stereocenters. The van der Waals surface area contributed by atoms with Gasteiger partial charge >= 0.3 is 5.97 Å². The van der Waals surface area contributed by atoms with Crippen molar-refractivity contribution in [2.45, 2.75) is 108 Å². The number of ether oxygens (including phenoxy) is 6. The van der Waals surface area contributed by atoms with Crippen LogP contribution in [0.15, 0.2) is 84.0 Å². The predicted molar refractivity (Wildman–Crippen MR) is 190 cm³/mol. The molecular weight excluding hydrogens is 648 g/mol. The molecule has 0 spiro atoms. The van der Waals surface area contributed by atoms with Crippen molar-refractivity contribution in [3.8, 4) is 11.5 Å². The Bertz CT molecular complexity index is 1810. The number of esters is 1. The number of methoxy groups -OCH3 is 1. The van der Waals surface area contributed by atoms with Crippen molar-refractivity contribution in [1.82, 2.24) is 0 Å². The van der Waals surface area contributed by atoms with Crippen LogP contribution in [0.4, 0.5) is 0 Å². The summed E-state index contributed by atoms with van der Waals surface area (Å²) in [6.45, 7) is 16.0. The standard InChI is InChI=1S/C42H50O9/c1-25(2)40-21-27(4)42-31(37(40)49-41(50-40,51-42)23-28-12-10-9-11-13-28)16-14-30(22-39(45)34(42)18-26(3)36(39)44)24-47-35(43)20-29-15-17-32(33(19-29)46-8)48-38(5,6)7/h9-15,17-19,27,31,34,37,45H,1,16,20-24H2,2-8H3/b30-14+/t27-,31?,34-,37-,39-,40-,41-,42-/m1/s1. The zero-order valence-corrected chi connectivity index (χ0v) is 30.7. The molecule has 3 bridgehead atoms. The van der Waals surface area contributed by atoms with Gasteiger partial charge in [-0.15, -0.1) is 0 Å². The average molecular weight is 699 g/mol. The monoisotopic (exact) mass is 698 g/mol. The summed E-state index contributed by atoms with van der Waals surface area (Å²) in [5.74, 6) is -2.16. The Kier molecular flexibility index (Phi) is 8.69. The Morgan fingerprint density at radius 2 is 1.82 bits per heavy atom. The van der Waals surface area contributed by atoms with E-state index in [2.05, 4.69) is 13.5 Å². The van der Waals surface area contributed by atoms with Gasteiger partial charge in [0.25, 0.3) is 5.97 Å². The number of allylic oxidation sites excluding steroid dienone is 1. The molecule has 2 aliphatic heterocycles. The van der Waals surface area contributed by atoms with Crippen LogP contribution in [0.5, 0.6) is 11.5 Å². The lowest BCUT2D eigenvalue weighted by Gasteiger charge is -2.61. The largest absolute Gasteiger partial charge is 0.493 e. The summed E-state index contributed by atoms with van der Waals surface area (Å²) in [5.41, 5.74) is -0.292. The van der Waals surface area contributed by atoms with E-state index >= 15 is 0 Å². The molecule has 1 saturated carbocycles. The van der Waals surface area contributed by atoms with Crippen molar-refractivity contribution in [3.05, 3.63) is 95.1 Å². The van der Waals surface area contributed by atoms with Crippen molar-refractivity contribution in [2.24, 2.45) is 17.8 Å². The fourth-order valence-corrected chi connectivity index (χ4v) is 9.38. The number of Topliss-reactive ketones (excluding diaryl/α,β-unsaturated/α-hetero) is 1. The summed E-state index contributed by atoms with van der Waals surface area (Å²) in [5, 5.41) is 12.6. The summed E-state index contributed by atoms with van der Waals surface area (Å²) in [7, 11) is 1.56. The molecule has 2 aromatic carbocycles. The molecule has 5 aliphatic rings. The van der Waals surface area contributed by atoms with Gasteiger partial charge in [-0.3, -0.25) is 9.59 Å². The molecule has 7 rings (SSSR count). The van der Waals surface area contributed by atoms with E-state index in [1.54, 1.807) is 26.2 Å². The second kappa shape index (κ2) is 12.4. The Labute approximate surface area is 300 Å². The van der Waals surface area contributed by atoms with E-state index in [-0.39, 0.29) is 37.1 Å². The van der Waals surface area contributed by atoms with Crippen molar-refractivity contribution < 1.29 is 43.1 Å². The highest BCUT2D eigenvalue weighted by molar-refractivity contribution is 6.04. The average Bonchev–Trinajstić information content (AvgIpc) is 3.41. The first-order valence-corrected chi connectivity index (χ1v) is 18.0. The van der Waals surface area contributed by atoms with Gasteiger partial charge in [-0.2, -0.15) is 0 Å². The maximum atomic E-state index is 14.0. The number of aliphatic hydroxyl groups is 1. The van der Waals surface area contributed by atoms with E-state index in [0.717, 1.165) is 11.1 Å². The van der Waals surface area contributed by atoms with Gasteiger partial charge in [0.15, 0.2) is 17.3 Å². The highest BCUT2D eigenvalue weighted by atomic mass is 16.9. The molecule has 2 heterocycles. The maximum Gasteiger partial charge on any atom is 0.310 e. The van der Waals surface area contributed by atoms with Crippen LogP contribution in [-0.2, 0) is 41.4 Å². The van der Waals surface area contributed by atoms with E-state index in [1.807, 2.05) is 76.2 Å². The van der Waals surface area contributed by atoms with E-state index < -0.39 is 46.4 Å². The van der Waals surface area contributed by atoms with Crippen LogP contribution in [0.25, 0.3) is 0 Å². The number of rotatable bonds is 9. The second-order valence-corrected chi connectivity index (χ2v) is 16.2. The van der Waals surface area contributed by atoms with Crippen molar-refractivity contribution in [2.75, 3.05) is 13.7 Å². The van der Waals surface area contributed by atoms with E-state index in [4.69, 9.17) is 28.4 Å². The van der Waals surface area contributed by atoms with Crippen molar-refractivity contribution in [1.29, 1.82) is 0 Å². The molecule has 9 nitrogen and oxygen atoms in total. The summed E-state index contributed by atoms with van der Waals surface area (Å²) < 4.78 is 38.4. The normalized spacial score (nSPS) is 36.2. The first kappa shape index (κ1) is 35.6. The lowest BCUT2D eigenvalue weighted by molar-refractivity contribution is -0.426. The number of fused-ring (bicyclic) bond motifs is 2. The molecule has 0 amide bonds. The summed E-state index contributed by atoms with van der Waals surface area (Å²) >= 11 is 0. The zero-order chi connectivity index (χ0) is 36.6. The van der Waals surface area contributed by atoms with E-state index in [1.165, 1.54) is 0 Å². The number of hydrogen-bond acceptors (Lipinski definition) is 9. The van der Waals surface area contributed by atoms with Gasteiger partial charge in [0.2, 0.25) is 0 Å². The first-order valence-electron chi connectivity index (χ1n) is 18.0. The van der Waals surface area contributed by atoms with Crippen LogP contribution >= 0.6 is 0 Å². The van der Waals surface area contributed by atoms with Crippen LogP contribution in [0.2, 0.25) is 0 Å². The van der Waals surface area contributed by atoms with Crippen molar-refractivity contribution in [3.63, 3.8) is 0 Å². The van der Waals surface area contributed by atoms with Gasteiger partial charge < -0.3 is 33.5 Å². The number of carbonyl (C=O) groups excluding carboxylic acids is 2. The Hall–Kier alpha value is -3.76. The molecule has 272 valence electrons. The van der Waals surface area contributed by atoms with Crippen LogP contribution in [-0.4, -0.2) is 65.1 Å². The minimum absolute atomic E-state index is 0.0124. The van der Waals surface area contributed by atoms with Crippen LogP contribution < -0.4 is 9.47 Å². The molecule has 1 N–H and O–H groups in total. The molecule has 0 radical (unpaired) electrons. The van der Waals surface area contributed by atoms with Gasteiger partial charge in [0.1, 0.15) is 29.5 Å². The molecule has 9 heteroatoms. The molecule has 3 aliphatic carbocycles. The lowest BCUT2D eigenvalue weighted by atomic mass is 9.52. The van der Waals surface area contributed by atoms with E-state index in [0.29, 0.717) is 47.5 Å². The van der Waals surface area contributed by atoms with E-state index in [9.17, 15) is 14.7 Å². The third kappa shape index (κ3) is 5.86. The fraction of sp³-hybridized carbons (Fsp3) is 0.524. The molecule has 3 fully saturated rings. The Morgan fingerprint density at radius 1 is 1.08 bits per heavy atom. The maximum absolute atomic E-state index is 14.0. The highest BCUT2D eigenvalue weighted by Gasteiger charge is 2.78. The topological polar surface area (TPSA) is 110 Å². The molecule has 0 aromatic heterocycles. The van der Waals surface area contributed by atoms with Crippen LogP contribution in [0.1, 0.15) is 71.9 Å². The number of hydrogen-bond donors (Lipinski definition) is 1. The molecule has 2 saturated heterocycles. The summed E-state index contributed by atoms with van der Waals surface area (Å²) in [6, 6.07) is 15.3. The second-order valence-electron chi connectivity index (χ2n) is 16.2. The van der Waals surface area contributed by atoms with Gasteiger partial charge in [-0.05, 0) is 93.4 Å². The first-order chi connectivity index (χ1) is 24.0. The van der Waals surface area contributed by atoms with Crippen LogP contribution in [0, 0.1) is 17.8 Å². The van der Waals surface area contributed by atoms with Gasteiger partial charge in [-0.25, -0.2) is 0 Å². The summed E-state index contributed by atoms with van der Waals surface area (Å²) in [6.07, 6.45) is 4.93. The van der Waals surface area contributed by atoms with Gasteiger partial charge in [0, 0.05) is 18.3 Å². The number of benzene rings is 2. The minimum Gasteiger partial charge on any atom is -0.493 e. The lowest BCUT2D eigenvalue weighted by Crippen LogP contribution is -2.71. The quantitative estimate of drug-likeness (QED) is 0.229. The zero-order valence-electron chi connectivity index (χ0n) is 30.7. The Balaban J connectivity index is 1.19. The highest BCUT2D eigenvalue weighted by Crippen LogP contribution is 2.68. The molecule has 51 heavy (non-hydrogen) atoms. The third-order valence-corrected chi connectivity index (χ3v) is 11.5. The third-order valence-electron chi connectivity index (χ3n) is 11.5. The smallest absolute Gasteiger partial charge is 0.310 e. The van der Waals surface area contributed by atoms with Gasteiger partial charge in [-0.1, -0.05) is 62.1 Å².